The Hall–Kier alpha value is -1.36. The topological polar surface area (TPSA) is 54.5 Å². The lowest BCUT2D eigenvalue weighted by atomic mass is 10.1. The van der Waals surface area contributed by atoms with E-state index in [1.807, 2.05) is 18.2 Å². The van der Waals surface area contributed by atoms with Gasteiger partial charge < -0.3 is 4.90 Å². The number of aryl methyl sites for hydroxylation is 1. The Balaban J connectivity index is 1.70. The number of carbonyl (C=O) groups is 1. The maximum Gasteiger partial charge on any atom is 0.222 e. The lowest BCUT2D eigenvalue weighted by Gasteiger charge is -2.23. The van der Waals surface area contributed by atoms with Gasteiger partial charge in [0.05, 0.1) is 11.5 Å². The normalized spacial score (nSPS) is 20.3. The van der Waals surface area contributed by atoms with Crippen LogP contribution in [0.3, 0.4) is 0 Å². The number of benzene rings is 1. The summed E-state index contributed by atoms with van der Waals surface area (Å²) in [5.74, 6) is 0.396. The number of carbonyl (C=O) groups excluding carboxylic acids is 1. The van der Waals surface area contributed by atoms with Crippen LogP contribution in [-0.2, 0) is 21.1 Å². The van der Waals surface area contributed by atoms with Crippen molar-refractivity contribution in [1.82, 2.24) is 4.90 Å². The van der Waals surface area contributed by atoms with Crippen molar-refractivity contribution < 1.29 is 13.2 Å². The Bertz CT molecular complexity index is 568. The third-order valence-corrected chi connectivity index (χ3v) is 5.85. The zero-order valence-electron chi connectivity index (χ0n) is 12.5. The molecule has 1 heterocycles. The number of nitrogens with zero attached hydrogens (tertiary/aromatic N) is 1. The van der Waals surface area contributed by atoms with Gasteiger partial charge in [0.2, 0.25) is 5.91 Å². The number of sulfone groups is 1. The molecule has 1 atom stereocenters. The van der Waals surface area contributed by atoms with Gasteiger partial charge in [0.25, 0.3) is 0 Å². The SMILES string of the molecule is CN(C(=O)CCCCc1ccccc1)C1CCS(=O)(=O)C1. The van der Waals surface area contributed by atoms with Crippen molar-refractivity contribution in [2.24, 2.45) is 0 Å². The summed E-state index contributed by atoms with van der Waals surface area (Å²) in [6, 6.07) is 10.1. The molecular weight excluding hydrogens is 286 g/mol. The fourth-order valence-corrected chi connectivity index (χ4v) is 4.49. The summed E-state index contributed by atoms with van der Waals surface area (Å²) in [6.45, 7) is 0. The first-order valence-electron chi connectivity index (χ1n) is 7.48. The highest BCUT2D eigenvalue weighted by Gasteiger charge is 2.32. The van der Waals surface area contributed by atoms with Gasteiger partial charge in [0, 0.05) is 19.5 Å². The van der Waals surface area contributed by atoms with Crippen molar-refractivity contribution in [3.63, 3.8) is 0 Å². The van der Waals surface area contributed by atoms with E-state index in [0.717, 1.165) is 19.3 Å². The summed E-state index contributed by atoms with van der Waals surface area (Å²) >= 11 is 0. The third-order valence-electron chi connectivity index (χ3n) is 4.10. The molecule has 0 saturated carbocycles. The number of hydrogen-bond acceptors (Lipinski definition) is 3. The van der Waals surface area contributed by atoms with Crippen LogP contribution in [0.5, 0.6) is 0 Å². The first kappa shape index (κ1) is 16.0. The molecule has 1 aliphatic rings. The molecule has 21 heavy (non-hydrogen) atoms. The molecule has 2 rings (SSSR count). The molecule has 116 valence electrons. The predicted octanol–water partition coefficient (Wildman–Crippen LogP) is 2.04. The number of hydrogen-bond donors (Lipinski definition) is 0. The molecule has 0 aliphatic carbocycles. The van der Waals surface area contributed by atoms with E-state index in [0.29, 0.717) is 12.8 Å². The molecule has 4 nitrogen and oxygen atoms in total. The quantitative estimate of drug-likeness (QED) is 0.756. The van der Waals surface area contributed by atoms with Crippen LogP contribution in [0.15, 0.2) is 30.3 Å². The van der Waals surface area contributed by atoms with Crippen LogP contribution in [0, 0.1) is 0 Å². The molecule has 0 bridgehead atoms. The van der Waals surface area contributed by atoms with Crippen LogP contribution in [-0.4, -0.2) is 43.8 Å². The Kier molecular flexibility index (Phi) is 5.39. The van der Waals surface area contributed by atoms with Crippen molar-refractivity contribution in [3.8, 4) is 0 Å². The Morgan fingerprint density at radius 1 is 1.24 bits per heavy atom. The highest BCUT2D eigenvalue weighted by atomic mass is 32.2. The van der Waals surface area contributed by atoms with E-state index in [1.165, 1.54) is 5.56 Å². The van der Waals surface area contributed by atoms with Gasteiger partial charge in [-0.2, -0.15) is 0 Å². The van der Waals surface area contributed by atoms with Crippen molar-refractivity contribution in [2.75, 3.05) is 18.6 Å². The van der Waals surface area contributed by atoms with Gasteiger partial charge in [-0.3, -0.25) is 4.79 Å². The summed E-state index contributed by atoms with van der Waals surface area (Å²) in [6.07, 6.45) is 3.88. The second-order valence-corrected chi connectivity index (χ2v) is 7.98. The molecule has 1 aromatic carbocycles. The van der Waals surface area contributed by atoms with Crippen molar-refractivity contribution >= 4 is 15.7 Å². The maximum absolute atomic E-state index is 12.1. The van der Waals surface area contributed by atoms with Gasteiger partial charge in [0.1, 0.15) is 0 Å². The highest BCUT2D eigenvalue weighted by Crippen LogP contribution is 2.18. The average Bonchev–Trinajstić information content (AvgIpc) is 2.84. The van der Waals surface area contributed by atoms with Crippen LogP contribution in [0.25, 0.3) is 0 Å². The lowest BCUT2D eigenvalue weighted by molar-refractivity contribution is -0.131. The standard InChI is InChI=1S/C16H23NO3S/c1-17(15-11-12-21(19,20)13-15)16(18)10-6-5-9-14-7-3-2-4-8-14/h2-4,7-8,15H,5-6,9-13H2,1H3. The Labute approximate surface area is 127 Å². The van der Waals surface area contributed by atoms with Crippen molar-refractivity contribution in [1.29, 1.82) is 0 Å². The highest BCUT2D eigenvalue weighted by molar-refractivity contribution is 7.91. The minimum Gasteiger partial charge on any atom is -0.342 e. The zero-order chi connectivity index (χ0) is 15.3. The molecule has 1 unspecified atom stereocenters. The van der Waals surface area contributed by atoms with Gasteiger partial charge in [-0.1, -0.05) is 30.3 Å². The van der Waals surface area contributed by atoms with Crippen molar-refractivity contribution in [3.05, 3.63) is 35.9 Å². The van der Waals surface area contributed by atoms with Crippen LogP contribution in [0.2, 0.25) is 0 Å². The molecule has 1 aliphatic heterocycles. The monoisotopic (exact) mass is 309 g/mol. The van der Waals surface area contributed by atoms with Gasteiger partial charge in [-0.15, -0.1) is 0 Å². The van der Waals surface area contributed by atoms with Gasteiger partial charge in [0.15, 0.2) is 9.84 Å². The Morgan fingerprint density at radius 2 is 1.95 bits per heavy atom. The second-order valence-electron chi connectivity index (χ2n) is 5.75. The van der Waals surface area contributed by atoms with E-state index >= 15 is 0 Å². The predicted molar refractivity (Wildman–Crippen MR) is 83.8 cm³/mol. The second kappa shape index (κ2) is 7.07. The summed E-state index contributed by atoms with van der Waals surface area (Å²) in [7, 11) is -1.20. The number of unbranched alkanes of at least 4 members (excludes halogenated alkanes) is 1. The van der Waals surface area contributed by atoms with E-state index in [-0.39, 0.29) is 23.5 Å². The summed E-state index contributed by atoms with van der Waals surface area (Å²) in [5, 5.41) is 0. The average molecular weight is 309 g/mol. The lowest BCUT2D eigenvalue weighted by Crippen LogP contribution is -2.37. The van der Waals surface area contributed by atoms with E-state index in [4.69, 9.17) is 0 Å². The third kappa shape index (κ3) is 4.84. The molecule has 0 radical (unpaired) electrons. The minimum atomic E-state index is -2.93. The largest absolute Gasteiger partial charge is 0.342 e. The molecule has 1 fully saturated rings. The molecule has 1 saturated heterocycles. The summed E-state index contributed by atoms with van der Waals surface area (Å²) in [4.78, 5) is 13.7. The number of rotatable bonds is 6. The molecule has 1 aromatic rings. The van der Waals surface area contributed by atoms with Crippen LogP contribution < -0.4 is 0 Å². The fraction of sp³-hybridized carbons (Fsp3) is 0.562. The van der Waals surface area contributed by atoms with Crippen LogP contribution in [0.4, 0.5) is 0 Å². The summed E-state index contributed by atoms with van der Waals surface area (Å²) in [5.41, 5.74) is 1.29. The van der Waals surface area contributed by atoms with Gasteiger partial charge in [-0.25, -0.2) is 8.42 Å². The molecule has 1 amide bonds. The van der Waals surface area contributed by atoms with Crippen molar-refractivity contribution in [2.45, 2.75) is 38.1 Å². The Morgan fingerprint density at radius 3 is 2.57 bits per heavy atom. The molecule has 0 N–H and O–H groups in total. The molecule has 0 spiro atoms. The first-order valence-corrected chi connectivity index (χ1v) is 9.30. The molecular formula is C16H23NO3S. The fourth-order valence-electron chi connectivity index (χ4n) is 2.71. The first-order chi connectivity index (χ1) is 9.98. The van der Waals surface area contributed by atoms with E-state index in [1.54, 1.807) is 11.9 Å². The maximum atomic E-state index is 12.1. The zero-order valence-corrected chi connectivity index (χ0v) is 13.3. The molecule has 0 aromatic heterocycles. The van der Waals surface area contributed by atoms with Gasteiger partial charge >= 0.3 is 0 Å². The van der Waals surface area contributed by atoms with E-state index in [2.05, 4.69) is 12.1 Å². The summed E-state index contributed by atoms with van der Waals surface area (Å²) < 4.78 is 22.9. The van der Waals surface area contributed by atoms with E-state index < -0.39 is 9.84 Å². The minimum absolute atomic E-state index is 0.0603. The number of amides is 1. The van der Waals surface area contributed by atoms with Crippen LogP contribution in [0.1, 0.15) is 31.2 Å². The molecule has 5 heteroatoms. The van der Waals surface area contributed by atoms with Crippen LogP contribution >= 0.6 is 0 Å². The van der Waals surface area contributed by atoms with Gasteiger partial charge in [-0.05, 0) is 31.2 Å². The smallest absolute Gasteiger partial charge is 0.222 e. The van der Waals surface area contributed by atoms with E-state index in [9.17, 15) is 13.2 Å².